The summed E-state index contributed by atoms with van der Waals surface area (Å²) in [4.78, 5) is 32.7. The van der Waals surface area contributed by atoms with Gasteiger partial charge in [-0.25, -0.2) is 0 Å². The Hall–Kier alpha value is -5.20. The smallest absolute Gasteiger partial charge is 0.272 e. The molecule has 0 bridgehead atoms. The summed E-state index contributed by atoms with van der Waals surface area (Å²) in [5, 5.41) is 45.7. The van der Waals surface area contributed by atoms with Crippen molar-refractivity contribution in [3.8, 4) is 0 Å². The molecule has 0 aliphatic carbocycles. The Bertz CT molecular complexity index is 1270. The predicted molar refractivity (Wildman–Crippen MR) is 133 cm³/mol. The minimum Gasteiger partial charge on any atom is -0.272 e. The molecule has 3 aromatic rings. The molecule has 0 amide bonds. The maximum Gasteiger partial charge on any atom is 0.278 e. The molecular formula is C23H21N7O6. The summed E-state index contributed by atoms with van der Waals surface area (Å²) in [6, 6.07) is 18.0. The quantitative estimate of drug-likeness (QED) is 0.175. The number of nitrogens with zero attached hydrogens (tertiary/aromatic N) is 7. The molecule has 0 saturated carbocycles. The molecule has 13 heteroatoms. The second-order valence-electron chi connectivity index (χ2n) is 7.46. The van der Waals surface area contributed by atoms with Crippen molar-refractivity contribution in [2.45, 2.75) is 6.17 Å². The van der Waals surface area contributed by atoms with Gasteiger partial charge in [0.25, 0.3) is 17.1 Å². The van der Waals surface area contributed by atoms with E-state index in [0.717, 1.165) is 0 Å². The summed E-state index contributed by atoms with van der Waals surface area (Å²) in [5.41, 5.74) is 0.220. The van der Waals surface area contributed by atoms with Gasteiger partial charge in [-0.1, -0.05) is 36.4 Å². The standard InChI is InChI=1S/C23H21N7O6/c1-26(24-15-17-9-3-6-12-20(17)28(31)32)23(19-11-5-8-14-22(19)30(35)36)27(2)25-16-18-10-4-7-13-21(18)29(33)34/h3-16,23H,1-2H3/b24-15+,25-16+. The average Bonchev–Trinajstić information content (AvgIpc) is 2.86. The van der Waals surface area contributed by atoms with Crippen LogP contribution in [0.2, 0.25) is 0 Å². The zero-order chi connectivity index (χ0) is 26.2. The lowest BCUT2D eigenvalue weighted by Gasteiger charge is -2.31. The van der Waals surface area contributed by atoms with Gasteiger partial charge in [-0.3, -0.25) is 40.4 Å². The first kappa shape index (κ1) is 25.4. The summed E-state index contributed by atoms with van der Waals surface area (Å²) in [7, 11) is 3.06. The van der Waals surface area contributed by atoms with E-state index in [2.05, 4.69) is 10.2 Å². The van der Waals surface area contributed by atoms with Crippen molar-refractivity contribution in [1.29, 1.82) is 0 Å². The van der Waals surface area contributed by atoms with Gasteiger partial charge in [0.1, 0.15) is 0 Å². The number of hydrogen-bond acceptors (Lipinski definition) is 10. The Morgan fingerprint density at radius 2 is 1.00 bits per heavy atom. The highest BCUT2D eigenvalue weighted by atomic mass is 16.6. The molecule has 13 nitrogen and oxygen atoms in total. The minimum absolute atomic E-state index is 0.153. The fourth-order valence-corrected chi connectivity index (χ4v) is 3.48. The summed E-state index contributed by atoms with van der Waals surface area (Å²) in [6.07, 6.45) is 1.61. The molecule has 0 spiro atoms. The Morgan fingerprint density at radius 3 is 1.42 bits per heavy atom. The molecule has 0 N–H and O–H groups in total. The van der Waals surface area contributed by atoms with E-state index < -0.39 is 20.9 Å². The minimum atomic E-state index is -0.940. The molecule has 0 atom stereocenters. The third-order valence-electron chi connectivity index (χ3n) is 5.14. The number of nitro groups is 3. The lowest BCUT2D eigenvalue weighted by molar-refractivity contribution is -0.386. The van der Waals surface area contributed by atoms with E-state index >= 15 is 0 Å². The zero-order valence-corrected chi connectivity index (χ0v) is 19.2. The van der Waals surface area contributed by atoms with E-state index in [-0.39, 0.29) is 33.8 Å². The molecule has 36 heavy (non-hydrogen) atoms. The van der Waals surface area contributed by atoms with Crippen LogP contribution in [0, 0.1) is 30.3 Å². The van der Waals surface area contributed by atoms with Gasteiger partial charge in [-0.05, 0) is 18.2 Å². The highest BCUT2D eigenvalue weighted by Gasteiger charge is 2.28. The number of benzene rings is 3. The molecule has 0 aliphatic rings. The van der Waals surface area contributed by atoms with Gasteiger partial charge in [-0.2, -0.15) is 10.2 Å². The van der Waals surface area contributed by atoms with Crippen LogP contribution in [0.25, 0.3) is 0 Å². The molecule has 0 heterocycles. The number of nitro benzene ring substituents is 3. The lowest BCUT2D eigenvalue weighted by atomic mass is 10.1. The second kappa shape index (κ2) is 11.3. The molecule has 0 radical (unpaired) electrons. The van der Waals surface area contributed by atoms with E-state index in [1.165, 1.54) is 91.1 Å². The van der Waals surface area contributed by atoms with E-state index in [0.29, 0.717) is 0 Å². The SMILES string of the molecule is CN(/N=C/c1ccccc1[N+](=O)[O-])C(c1ccccc1[N+](=O)[O-])N(C)/N=C/c1ccccc1[N+](=O)[O-]. The molecule has 3 rings (SSSR count). The fourth-order valence-electron chi connectivity index (χ4n) is 3.48. The maximum absolute atomic E-state index is 11.7. The van der Waals surface area contributed by atoms with Gasteiger partial charge < -0.3 is 0 Å². The summed E-state index contributed by atoms with van der Waals surface area (Å²) in [6.45, 7) is 0. The molecule has 3 aromatic carbocycles. The van der Waals surface area contributed by atoms with E-state index in [9.17, 15) is 30.3 Å². The van der Waals surface area contributed by atoms with Crippen LogP contribution in [0.1, 0.15) is 22.9 Å². The Labute approximate surface area is 205 Å². The molecule has 0 unspecified atom stereocenters. The third kappa shape index (κ3) is 5.83. The van der Waals surface area contributed by atoms with E-state index in [4.69, 9.17) is 0 Å². The van der Waals surface area contributed by atoms with Crippen LogP contribution in [0.15, 0.2) is 83.0 Å². The number of para-hydroxylation sites is 3. The van der Waals surface area contributed by atoms with Crippen molar-refractivity contribution in [2.75, 3.05) is 14.1 Å². The zero-order valence-electron chi connectivity index (χ0n) is 19.2. The van der Waals surface area contributed by atoms with Crippen LogP contribution >= 0.6 is 0 Å². The first-order chi connectivity index (χ1) is 17.2. The monoisotopic (exact) mass is 491 g/mol. The second-order valence-corrected chi connectivity index (χ2v) is 7.46. The summed E-state index contributed by atoms with van der Waals surface area (Å²) < 4.78 is 0. The normalized spacial score (nSPS) is 11.2. The van der Waals surface area contributed by atoms with E-state index in [1.807, 2.05) is 0 Å². The van der Waals surface area contributed by atoms with Crippen LogP contribution in [-0.4, -0.2) is 51.3 Å². The highest BCUT2D eigenvalue weighted by Crippen LogP contribution is 2.31. The van der Waals surface area contributed by atoms with Gasteiger partial charge in [0, 0.05) is 32.3 Å². The molecule has 184 valence electrons. The number of hydrazone groups is 2. The molecule has 0 saturated heterocycles. The highest BCUT2D eigenvalue weighted by molar-refractivity contribution is 5.85. The van der Waals surface area contributed by atoms with Crippen molar-refractivity contribution in [2.24, 2.45) is 10.2 Å². The first-order valence-corrected chi connectivity index (χ1v) is 10.4. The number of hydrogen-bond donors (Lipinski definition) is 0. The largest absolute Gasteiger partial charge is 0.278 e. The van der Waals surface area contributed by atoms with Gasteiger partial charge in [-0.15, -0.1) is 0 Å². The topological polar surface area (TPSA) is 161 Å². The van der Waals surface area contributed by atoms with Crippen molar-refractivity contribution in [3.63, 3.8) is 0 Å². The van der Waals surface area contributed by atoms with Crippen LogP contribution in [0.3, 0.4) is 0 Å². The van der Waals surface area contributed by atoms with Crippen LogP contribution in [0.4, 0.5) is 17.1 Å². The molecule has 0 aliphatic heterocycles. The van der Waals surface area contributed by atoms with E-state index in [1.54, 1.807) is 18.2 Å². The Kier molecular flexibility index (Phi) is 7.97. The molecular weight excluding hydrogens is 470 g/mol. The van der Waals surface area contributed by atoms with Crippen molar-refractivity contribution < 1.29 is 14.8 Å². The van der Waals surface area contributed by atoms with Crippen LogP contribution in [0.5, 0.6) is 0 Å². The fraction of sp³-hybridized carbons (Fsp3) is 0.130. The van der Waals surface area contributed by atoms with Gasteiger partial charge in [0.2, 0.25) is 0 Å². The average molecular weight is 491 g/mol. The van der Waals surface area contributed by atoms with Crippen molar-refractivity contribution >= 4 is 29.5 Å². The lowest BCUT2D eigenvalue weighted by Crippen LogP contribution is -2.32. The van der Waals surface area contributed by atoms with Crippen molar-refractivity contribution in [3.05, 3.63) is 120 Å². The molecule has 0 fully saturated rings. The predicted octanol–water partition coefficient (Wildman–Crippen LogP) is 4.34. The summed E-state index contributed by atoms with van der Waals surface area (Å²) in [5.74, 6) is 0. The summed E-state index contributed by atoms with van der Waals surface area (Å²) >= 11 is 0. The first-order valence-electron chi connectivity index (χ1n) is 10.4. The van der Waals surface area contributed by atoms with Crippen LogP contribution < -0.4 is 0 Å². The number of rotatable bonds is 10. The van der Waals surface area contributed by atoms with Gasteiger partial charge in [0.15, 0.2) is 6.17 Å². The maximum atomic E-state index is 11.7. The van der Waals surface area contributed by atoms with Gasteiger partial charge in [0.05, 0.1) is 43.9 Å². The molecule has 0 aromatic heterocycles. The Morgan fingerprint density at radius 1 is 0.639 bits per heavy atom. The van der Waals surface area contributed by atoms with Crippen LogP contribution in [-0.2, 0) is 0 Å². The van der Waals surface area contributed by atoms with Gasteiger partial charge >= 0.3 is 0 Å². The third-order valence-corrected chi connectivity index (χ3v) is 5.14. The van der Waals surface area contributed by atoms with Crippen molar-refractivity contribution in [1.82, 2.24) is 10.0 Å². The Balaban J connectivity index is 2.03.